The molecule has 0 bridgehead atoms. The Labute approximate surface area is 163 Å². The monoisotopic (exact) mass is 376 g/mol. The lowest BCUT2D eigenvalue weighted by molar-refractivity contribution is 0.487. The van der Waals surface area contributed by atoms with E-state index in [1.165, 1.54) is 0 Å². The van der Waals surface area contributed by atoms with E-state index >= 15 is 0 Å². The van der Waals surface area contributed by atoms with Gasteiger partial charge in [-0.25, -0.2) is 0 Å². The van der Waals surface area contributed by atoms with Gasteiger partial charge in [0.1, 0.15) is 0 Å². The van der Waals surface area contributed by atoms with Crippen LogP contribution in [0.1, 0.15) is 20.3 Å². The van der Waals surface area contributed by atoms with Crippen LogP contribution >= 0.6 is 11.6 Å². The van der Waals surface area contributed by atoms with E-state index in [0.717, 1.165) is 46.3 Å². The van der Waals surface area contributed by atoms with Gasteiger partial charge in [0.05, 0.1) is 22.4 Å². The normalized spacial score (nSPS) is 11.4. The van der Waals surface area contributed by atoms with Crippen LogP contribution < -0.4 is 0 Å². The van der Waals surface area contributed by atoms with Crippen molar-refractivity contribution in [3.63, 3.8) is 0 Å². The molecule has 0 N–H and O–H groups in total. The van der Waals surface area contributed by atoms with Crippen molar-refractivity contribution in [1.29, 1.82) is 0 Å². The molecule has 0 aliphatic carbocycles. The van der Waals surface area contributed by atoms with E-state index in [1.807, 2.05) is 23.0 Å². The predicted octanol–water partition coefficient (Wildman–Crippen LogP) is 5.86. The molecule has 1 aromatic carbocycles. The average Bonchev–Trinajstić information content (AvgIpc) is 3.15. The Morgan fingerprint density at radius 1 is 1.04 bits per heavy atom. The highest BCUT2D eigenvalue weighted by molar-refractivity contribution is 6.30. The lowest BCUT2D eigenvalue weighted by atomic mass is 10.0. The van der Waals surface area contributed by atoms with Gasteiger partial charge in [-0.1, -0.05) is 43.6 Å². The molecule has 4 rings (SSSR count). The minimum Gasteiger partial charge on any atom is -0.272 e. The summed E-state index contributed by atoms with van der Waals surface area (Å²) in [6.07, 6.45) is 8.54. The quantitative estimate of drug-likeness (QED) is 0.438. The number of aryl methyl sites for hydroxylation is 1. The Balaban J connectivity index is 1.76. The Morgan fingerprint density at radius 3 is 2.78 bits per heavy atom. The first-order valence-corrected chi connectivity index (χ1v) is 9.51. The fraction of sp³-hybridized carbons (Fsp3) is 0.227. The van der Waals surface area contributed by atoms with Crippen LogP contribution in [-0.4, -0.2) is 19.7 Å². The van der Waals surface area contributed by atoms with Crippen molar-refractivity contribution in [3.8, 4) is 22.4 Å². The molecule has 4 nitrogen and oxygen atoms in total. The molecule has 0 unspecified atom stereocenters. The summed E-state index contributed by atoms with van der Waals surface area (Å²) in [7, 11) is 0. The zero-order chi connectivity index (χ0) is 18.8. The summed E-state index contributed by atoms with van der Waals surface area (Å²) in [5, 5.41) is 6.24. The Hall–Kier alpha value is -2.72. The third-order valence-corrected chi connectivity index (χ3v) is 4.82. The maximum absolute atomic E-state index is 6.26. The third-order valence-electron chi connectivity index (χ3n) is 4.61. The van der Waals surface area contributed by atoms with Crippen molar-refractivity contribution >= 4 is 22.5 Å². The van der Waals surface area contributed by atoms with Gasteiger partial charge in [0.25, 0.3) is 0 Å². The number of hydrogen-bond acceptors (Lipinski definition) is 3. The second-order valence-electron chi connectivity index (χ2n) is 7.14. The van der Waals surface area contributed by atoms with Gasteiger partial charge in [-0.2, -0.15) is 5.10 Å². The number of hydrogen-bond donors (Lipinski definition) is 0. The largest absolute Gasteiger partial charge is 0.272 e. The van der Waals surface area contributed by atoms with Crippen molar-refractivity contribution in [2.24, 2.45) is 5.92 Å². The van der Waals surface area contributed by atoms with Gasteiger partial charge in [-0.15, -0.1) is 0 Å². The second kappa shape index (κ2) is 7.49. The first-order valence-electron chi connectivity index (χ1n) is 9.13. The molecular formula is C22H21ClN4. The van der Waals surface area contributed by atoms with Gasteiger partial charge in [-0.05, 0) is 30.5 Å². The van der Waals surface area contributed by atoms with Crippen molar-refractivity contribution in [3.05, 3.63) is 66.2 Å². The number of rotatable bonds is 5. The van der Waals surface area contributed by atoms with Crippen molar-refractivity contribution < 1.29 is 0 Å². The van der Waals surface area contributed by atoms with E-state index < -0.39 is 0 Å². The lowest BCUT2D eigenvalue weighted by Crippen LogP contribution is -2.01. The molecule has 27 heavy (non-hydrogen) atoms. The molecule has 0 aliphatic heterocycles. The molecule has 0 saturated heterocycles. The molecule has 5 heteroatoms. The van der Waals surface area contributed by atoms with Crippen molar-refractivity contribution in [1.82, 2.24) is 19.7 Å². The first kappa shape index (κ1) is 17.7. The SMILES string of the molecule is CC(C)CCn1cc(-c2cc(Cl)cnc2-c2ccc3cccnc3c2)cn1. The van der Waals surface area contributed by atoms with Crippen LogP contribution in [0.4, 0.5) is 0 Å². The summed E-state index contributed by atoms with van der Waals surface area (Å²) < 4.78 is 1.99. The number of nitrogens with zero attached hydrogens (tertiary/aromatic N) is 4. The van der Waals surface area contributed by atoms with Crippen LogP contribution in [0.3, 0.4) is 0 Å². The lowest BCUT2D eigenvalue weighted by Gasteiger charge is -2.09. The zero-order valence-corrected chi connectivity index (χ0v) is 16.2. The topological polar surface area (TPSA) is 43.6 Å². The number of aromatic nitrogens is 4. The standard InChI is InChI=1S/C22H21ClN4/c1-15(2)7-9-27-14-18(12-26-27)20-11-19(23)13-25-22(20)17-6-5-16-4-3-8-24-21(16)10-17/h3-6,8,10-15H,7,9H2,1-2H3. The van der Waals surface area contributed by atoms with Crippen LogP contribution in [0, 0.1) is 5.92 Å². The van der Waals surface area contributed by atoms with Crippen LogP contribution in [0.25, 0.3) is 33.3 Å². The van der Waals surface area contributed by atoms with Crippen LogP contribution in [-0.2, 0) is 6.54 Å². The van der Waals surface area contributed by atoms with E-state index in [2.05, 4.69) is 59.4 Å². The molecule has 0 saturated carbocycles. The Kier molecular flexibility index (Phi) is 4.90. The molecule has 3 heterocycles. The van der Waals surface area contributed by atoms with Gasteiger partial charge in [-0.3, -0.25) is 14.6 Å². The summed E-state index contributed by atoms with van der Waals surface area (Å²) in [5.41, 5.74) is 4.85. The molecular weight excluding hydrogens is 356 g/mol. The minimum absolute atomic E-state index is 0.614. The van der Waals surface area contributed by atoms with Crippen LogP contribution in [0.15, 0.2) is 61.2 Å². The minimum atomic E-state index is 0.614. The molecule has 0 amide bonds. The summed E-state index contributed by atoms with van der Waals surface area (Å²) in [6, 6.07) is 12.2. The maximum Gasteiger partial charge on any atom is 0.0783 e. The molecule has 0 radical (unpaired) electrons. The maximum atomic E-state index is 6.26. The number of halogens is 1. The number of benzene rings is 1. The molecule has 3 aromatic heterocycles. The molecule has 0 aliphatic rings. The van der Waals surface area contributed by atoms with Crippen molar-refractivity contribution in [2.75, 3.05) is 0 Å². The van der Waals surface area contributed by atoms with Gasteiger partial charge in [0.2, 0.25) is 0 Å². The highest BCUT2D eigenvalue weighted by atomic mass is 35.5. The molecule has 4 aromatic rings. The average molecular weight is 377 g/mol. The fourth-order valence-corrected chi connectivity index (χ4v) is 3.28. The smallest absolute Gasteiger partial charge is 0.0783 e. The van der Waals surface area contributed by atoms with Crippen LogP contribution in [0.2, 0.25) is 5.02 Å². The van der Waals surface area contributed by atoms with Crippen molar-refractivity contribution in [2.45, 2.75) is 26.8 Å². The summed E-state index contributed by atoms with van der Waals surface area (Å²) in [4.78, 5) is 9.08. The number of fused-ring (bicyclic) bond motifs is 1. The van der Waals surface area contributed by atoms with Crippen LogP contribution in [0.5, 0.6) is 0 Å². The van der Waals surface area contributed by atoms with E-state index in [4.69, 9.17) is 11.6 Å². The predicted molar refractivity (Wildman–Crippen MR) is 111 cm³/mol. The fourth-order valence-electron chi connectivity index (χ4n) is 3.12. The Bertz CT molecular complexity index is 1080. The highest BCUT2D eigenvalue weighted by Gasteiger charge is 2.13. The number of pyridine rings is 2. The van der Waals surface area contributed by atoms with E-state index in [-0.39, 0.29) is 0 Å². The van der Waals surface area contributed by atoms with E-state index in [9.17, 15) is 0 Å². The second-order valence-corrected chi connectivity index (χ2v) is 7.57. The molecule has 0 fully saturated rings. The summed E-state index contributed by atoms with van der Waals surface area (Å²) in [6.45, 7) is 5.34. The summed E-state index contributed by atoms with van der Waals surface area (Å²) in [5.74, 6) is 0.645. The molecule has 136 valence electrons. The van der Waals surface area contributed by atoms with Gasteiger partial charge in [0, 0.05) is 47.2 Å². The highest BCUT2D eigenvalue weighted by Crippen LogP contribution is 2.33. The molecule has 0 spiro atoms. The van der Waals surface area contributed by atoms with E-state index in [1.54, 1.807) is 12.4 Å². The molecule has 0 atom stereocenters. The van der Waals surface area contributed by atoms with Gasteiger partial charge in [0.15, 0.2) is 0 Å². The van der Waals surface area contributed by atoms with Gasteiger partial charge < -0.3 is 0 Å². The third kappa shape index (κ3) is 3.86. The van der Waals surface area contributed by atoms with E-state index in [0.29, 0.717) is 10.9 Å². The van der Waals surface area contributed by atoms with Gasteiger partial charge >= 0.3 is 0 Å². The Morgan fingerprint density at radius 2 is 1.93 bits per heavy atom. The first-order chi connectivity index (χ1) is 13.1. The zero-order valence-electron chi connectivity index (χ0n) is 15.4. The summed E-state index contributed by atoms with van der Waals surface area (Å²) >= 11 is 6.26.